The molecule has 1 aliphatic rings. The fraction of sp³-hybridized carbons (Fsp3) is 0.150. The largest absolute Gasteiger partial charge is 0.497 e. The number of hydrogen-bond acceptors (Lipinski definition) is 5. The zero-order chi connectivity index (χ0) is 18.8. The standard InChI is InChI=1S/C20H19N5O2/c1-13(26)23-16-5-3-4-15(10-16)18-11-19(25-20(24-18)21-12-22-25)14-6-8-17(27-2)9-7-14/h3-12,19H,1-2H3,(H,23,26)(H,21,22,24)/t19-/m1/s1. The Hall–Kier alpha value is -3.61. The lowest BCUT2D eigenvalue weighted by Crippen LogP contribution is -2.20. The maximum Gasteiger partial charge on any atom is 0.226 e. The van der Waals surface area contributed by atoms with E-state index in [1.165, 1.54) is 13.3 Å². The van der Waals surface area contributed by atoms with Crippen LogP contribution in [0.1, 0.15) is 24.1 Å². The maximum absolute atomic E-state index is 11.3. The summed E-state index contributed by atoms with van der Waals surface area (Å²) in [5.74, 6) is 1.37. The van der Waals surface area contributed by atoms with Gasteiger partial charge in [0.1, 0.15) is 18.1 Å². The molecule has 7 heteroatoms. The number of nitrogens with zero attached hydrogens (tertiary/aromatic N) is 3. The number of methoxy groups -OCH3 is 1. The molecule has 1 aliphatic heterocycles. The zero-order valence-electron chi connectivity index (χ0n) is 15.0. The summed E-state index contributed by atoms with van der Waals surface area (Å²) >= 11 is 0. The quantitative estimate of drug-likeness (QED) is 0.745. The van der Waals surface area contributed by atoms with Gasteiger partial charge in [0.2, 0.25) is 11.9 Å². The number of ether oxygens (including phenoxy) is 1. The van der Waals surface area contributed by atoms with Crippen LogP contribution in [-0.4, -0.2) is 27.8 Å². The van der Waals surface area contributed by atoms with Gasteiger partial charge in [0.05, 0.1) is 7.11 Å². The van der Waals surface area contributed by atoms with Crippen molar-refractivity contribution in [2.75, 3.05) is 17.7 Å². The molecule has 2 N–H and O–H groups in total. The van der Waals surface area contributed by atoms with Crippen LogP contribution in [0, 0.1) is 0 Å². The van der Waals surface area contributed by atoms with Crippen LogP contribution in [0.2, 0.25) is 0 Å². The first-order valence-corrected chi connectivity index (χ1v) is 8.54. The van der Waals surface area contributed by atoms with E-state index in [0.717, 1.165) is 28.3 Å². The molecular weight excluding hydrogens is 342 g/mol. The Morgan fingerprint density at radius 2 is 2.04 bits per heavy atom. The maximum atomic E-state index is 11.3. The van der Waals surface area contributed by atoms with Crippen LogP contribution in [0.4, 0.5) is 11.6 Å². The molecule has 0 spiro atoms. The van der Waals surface area contributed by atoms with E-state index in [1.54, 1.807) is 7.11 Å². The van der Waals surface area contributed by atoms with Crippen molar-refractivity contribution >= 4 is 23.2 Å². The lowest BCUT2D eigenvalue weighted by molar-refractivity contribution is -0.114. The number of aromatic nitrogens is 3. The van der Waals surface area contributed by atoms with E-state index in [-0.39, 0.29) is 11.9 Å². The van der Waals surface area contributed by atoms with Crippen molar-refractivity contribution in [3.05, 3.63) is 72.1 Å². The molecule has 1 amide bonds. The molecule has 1 atom stereocenters. The fourth-order valence-corrected chi connectivity index (χ4v) is 3.11. The SMILES string of the molecule is COc1ccc([C@H]2C=C(c3cccc(NC(C)=O)c3)Nc3ncnn32)cc1. The molecule has 0 saturated heterocycles. The van der Waals surface area contributed by atoms with Gasteiger partial charge in [0.25, 0.3) is 0 Å². The van der Waals surface area contributed by atoms with E-state index >= 15 is 0 Å². The summed E-state index contributed by atoms with van der Waals surface area (Å²) in [5.41, 5.74) is 3.67. The lowest BCUT2D eigenvalue weighted by atomic mass is 10.0. The van der Waals surface area contributed by atoms with Gasteiger partial charge in [-0.25, -0.2) is 4.68 Å². The van der Waals surface area contributed by atoms with E-state index in [4.69, 9.17) is 4.74 Å². The second kappa shape index (κ2) is 6.95. The summed E-state index contributed by atoms with van der Waals surface area (Å²) < 4.78 is 7.09. The van der Waals surface area contributed by atoms with Gasteiger partial charge in [-0.2, -0.15) is 10.1 Å². The highest BCUT2D eigenvalue weighted by Gasteiger charge is 2.23. The summed E-state index contributed by atoms with van der Waals surface area (Å²) in [6.45, 7) is 1.49. The minimum Gasteiger partial charge on any atom is -0.497 e. The molecule has 0 radical (unpaired) electrons. The van der Waals surface area contributed by atoms with Gasteiger partial charge in [-0.15, -0.1) is 0 Å². The number of benzene rings is 2. The highest BCUT2D eigenvalue weighted by molar-refractivity contribution is 5.89. The normalized spacial score (nSPS) is 15.3. The van der Waals surface area contributed by atoms with E-state index in [0.29, 0.717) is 5.95 Å². The second-order valence-corrected chi connectivity index (χ2v) is 6.21. The molecule has 0 unspecified atom stereocenters. The smallest absolute Gasteiger partial charge is 0.226 e. The first kappa shape index (κ1) is 16.8. The Morgan fingerprint density at radius 3 is 2.78 bits per heavy atom. The molecule has 2 aromatic carbocycles. The van der Waals surface area contributed by atoms with Gasteiger partial charge >= 0.3 is 0 Å². The van der Waals surface area contributed by atoms with Gasteiger partial charge < -0.3 is 15.4 Å². The molecule has 27 heavy (non-hydrogen) atoms. The van der Waals surface area contributed by atoms with E-state index in [1.807, 2.05) is 53.2 Å². The summed E-state index contributed by atoms with van der Waals surface area (Å²) in [4.78, 5) is 15.7. The summed E-state index contributed by atoms with van der Waals surface area (Å²) in [6, 6.07) is 15.5. The number of rotatable bonds is 4. The van der Waals surface area contributed by atoms with Crippen LogP contribution in [0.5, 0.6) is 5.75 Å². The summed E-state index contributed by atoms with van der Waals surface area (Å²) in [6.07, 6.45) is 3.62. The number of fused-ring (bicyclic) bond motifs is 1. The monoisotopic (exact) mass is 361 g/mol. The molecule has 0 fully saturated rings. The number of nitrogens with one attached hydrogen (secondary N) is 2. The minimum absolute atomic E-state index is 0.103. The van der Waals surface area contributed by atoms with Crippen molar-refractivity contribution in [2.24, 2.45) is 0 Å². The second-order valence-electron chi connectivity index (χ2n) is 6.21. The topological polar surface area (TPSA) is 81.1 Å². The predicted octanol–water partition coefficient (Wildman–Crippen LogP) is 3.30. The summed E-state index contributed by atoms with van der Waals surface area (Å²) in [7, 11) is 1.65. The molecule has 136 valence electrons. The van der Waals surface area contributed by atoms with Crippen molar-refractivity contribution in [2.45, 2.75) is 13.0 Å². The van der Waals surface area contributed by atoms with Crippen LogP contribution in [0.3, 0.4) is 0 Å². The Morgan fingerprint density at radius 1 is 1.22 bits per heavy atom. The predicted molar refractivity (Wildman–Crippen MR) is 104 cm³/mol. The van der Waals surface area contributed by atoms with E-state index in [2.05, 4.69) is 26.8 Å². The number of hydrogen-bond donors (Lipinski definition) is 2. The first-order chi connectivity index (χ1) is 13.1. The fourth-order valence-electron chi connectivity index (χ4n) is 3.11. The Labute approximate surface area is 156 Å². The Bertz CT molecular complexity index is 1010. The Kier molecular flexibility index (Phi) is 4.33. The number of carbonyl (C=O) groups is 1. The van der Waals surface area contributed by atoms with Gasteiger partial charge in [-0.05, 0) is 41.5 Å². The van der Waals surface area contributed by atoms with E-state index < -0.39 is 0 Å². The minimum atomic E-state index is -0.103. The number of anilines is 2. The molecule has 1 aromatic heterocycles. The van der Waals surface area contributed by atoms with Crippen LogP contribution < -0.4 is 15.4 Å². The van der Waals surface area contributed by atoms with Crippen molar-refractivity contribution < 1.29 is 9.53 Å². The molecule has 2 heterocycles. The van der Waals surface area contributed by atoms with Crippen LogP contribution in [-0.2, 0) is 4.79 Å². The number of allylic oxidation sites excluding steroid dienone is 1. The van der Waals surface area contributed by atoms with Crippen LogP contribution in [0.15, 0.2) is 60.9 Å². The van der Waals surface area contributed by atoms with Crippen molar-refractivity contribution in [1.82, 2.24) is 14.8 Å². The zero-order valence-corrected chi connectivity index (χ0v) is 15.0. The van der Waals surface area contributed by atoms with Gasteiger partial charge in [-0.1, -0.05) is 24.3 Å². The lowest BCUT2D eigenvalue weighted by Gasteiger charge is -2.24. The molecule has 0 aliphatic carbocycles. The van der Waals surface area contributed by atoms with Crippen LogP contribution >= 0.6 is 0 Å². The highest BCUT2D eigenvalue weighted by atomic mass is 16.5. The van der Waals surface area contributed by atoms with E-state index in [9.17, 15) is 4.79 Å². The highest BCUT2D eigenvalue weighted by Crippen LogP contribution is 2.33. The van der Waals surface area contributed by atoms with Crippen molar-refractivity contribution in [3.63, 3.8) is 0 Å². The third-order valence-corrected chi connectivity index (χ3v) is 4.36. The molecule has 3 aromatic rings. The third kappa shape index (κ3) is 3.39. The number of amides is 1. The van der Waals surface area contributed by atoms with Gasteiger partial charge in [-0.3, -0.25) is 4.79 Å². The summed E-state index contributed by atoms with van der Waals surface area (Å²) in [5, 5.41) is 10.5. The molecule has 0 saturated carbocycles. The third-order valence-electron chi connectivity index (χ3n) is 4.36. The number of carbonyl (C=O) groups excluding carboxylic acids is 1. The van der Waals surface area contributed by atoms with Crippen LogP contribution in [0.25, 0.3) is 5.70 Å². The van der Waals surface area contributed by atoms with Crippen molar-refractivity contribution in [1.29, 1.82) is 0 Å². The molecule has 7 nitrogen and oxygen atoms in total. The van der Waals surface area contributed by atoms with Gasteiger partial charge in [0, 0.05) is 18.3 Å². The molecular formula is C20H19N5O2. The Balaban J connectivity index is 1.73. The van der Waals surface area contributed by atoms with Gasteiger partial charge in [0.15, 0.2) is 0 Å². The molecule has 4 rings (SSSR count). The average molecular weight is 361 g/mol. The first-order valence-electron chi connectivity index (χ1n) is 8.54. The van der Waals surface area contributed by atoms with Crippen molar-refractivity contribution in [3.8, 4) is 5.75 Å². The average Bonchev–Trinajstić information content (AvgIpc) is 3.16. The molecule has 0 bridgehead atoms.